The Morgan fingerprint density at radius 1 is 1.19 bits per heavy atom. The highest BCUT2D eigenvalue weighted by molar-refractivity contribution is 5.99. The van der Waals surface area contributed by atoms with Crippen LogP contribution in [-0.4, -0.2) is 39.0 Å². The second kappa shape index (κ2) is 7.72. The van der Waals surface area contributed by atoms with Gasteiger partial charge in [-0.25, -0.2) is 8.78 Å². The molecule has 2 aromatic rings. The predicted molar refractivity (Wildman–Crippen MR) is 110 cm³/mol. The number of carbonyl (C=O) groups excluding carboxylic acids is 2. The topological polar surface area (TPSA) is 91.6 Å². The summed E-state index contributed by atoms with van der Waals surface area (Å²) in [6.07, 6.45) is 5.48. The fourth-order valence-corrected chi connectivity index (χ4v) is 5.42. The Kier molecular flexibility index (Phi) is 4.98. The Labute approximate surface area is 182 Å². The summed E-state index contributed by atoms with van der Waals surface area (Å²) in [4.78, 5) is 40.3. The van der Waals surface area contributed by atoms with Crippen LogP contribution in [-0.2, 0) is 13.1 Å². The van der Waals surface area contributed by atoms with Gasteiger partial charge in [0.15, 0.2) is 11.4 Å². The predicted octanol–water partition coefficient (Wildman–Crippen LogP) is 2.41. The molecule has 0 spiro atoms. The Morgan fingerprint density at radius 2 is 2.00 bits per heavy atom. The first-order valence-corrected chi connectivity index (χ1v) is 10.8. The molecule has 1 aliphatic carbocycles. The maximum Gasteiger partial charge on any atom is 0.274 e. The van der Waals surface area contributed by atoms with Gasteiger partial charge in [-0.3, -0.25) is 14.4 Å². The van der Waals surface area contributed by atoms with Crippen molar-refractivity contribution in [1.29, 1.82) is 0 Å². The van der Waals surface area contributed by atoms with Crippen molar-refractivity contribution in [3.05, 3.63) is 63.1 Å². The average Bonchev–Trinajstić information content (AvgIpc) is 3.14. The number of amides is 2. The summed E-state index contributed by atoms with van der Waals surface area (Å²) in [5, 5.41) is 13.0. The largest absolute Gasteiger partial charge is 0.503 e. The van der Waals surface area contributed by atoms with Crippen molar-refractivity contribution in [3.8, 4) is 5.75 Å². The Hall–Kier alpha value is -3.23. The number of aromatic hydroxyl groups is 1. The average molecular weight is 443 g/mol. The van der Waals surface area contributed by atoms with Crippen LogP contribution in [0.5, 0.6) is 5.75 Å². The molecule has 1 saturated carbocycles. The van der Waals surface area contributed by atoms with Gasteiger partial charge in [-0.1, -0.05) is 12.5 Å². The third-order valence-corrected chi connectivity index (χ3v) is 7.11. The summed E-state index contributed by atoms with van der Waals surface area (Å²) in [7, 11) is 0. The first kappa shape index (κ1) is 20.7. The van der Waals surface area contributed by atoms with Gasteiger partial charge in [0.25, 0.3) is 11.8 Å². The van der Waals surface area contributed by atoms with E-state index in [1.54, 1.807) is 4.90 Å². The van der Waals surface area contributed by atoms with Crippen molar-refractivity contribution in [3.63, 3.8) is 0 Å². The molecule has 1 saturated heterocycles. The van der Waals surface area contributed by atoms with Crippen LogP contribution in [0.1, 0.15) is 52.1 Å². The van der Waals surface area contributed by atoms with Gasteiger partial charge in [0, 0.05) is 37.5 Å². The van der Waals surface area contributed by atoms with Gasteiger partial charge < -0.3 is 19.9 Å². The molecule has 0 radical (unpaired) electrons. The molecule has 3 aliphatic rings. The van der Waals surface area contributed by atoms with Crippen LogP contribution in [0, 0.1) is 23.5 Å². The number of aromatic nitrogens is 1. The van der Waals surface area contributed by atoms with Crippen molar-refractivity contribution >= 4 is 11.8 Å². The van der Waals surface area contributed by atoms with Crippen molar-refractivity contribution in [2.24, 2.45) is 11.8 Å². The van der Waals surface area contributed by atoms with Crippen molar-refractivity contribution < 1.29 is 23.5 Å². The normalized spacial score (nSPS) is 24.0. The number of pyridine rings is 1. The van der Waals surface area contributed by atoms with E-state index < -0.39 is 28.7 Å². The van der Waals surface area contributed by atoms with Crippen LogP contribution < -0.4 is 10.7 Å². The molecule has 2 aliphatic heterocycles. The quantitative estimate of drug-likeness (QED) is 0.762. The number of nitrogens with one attached hydrogen (secondary N) is 1. The standard InChI is InChI=1S/C23H23F2N3O4/c24-15-4-3-14(17(25)8-15)9-26-22(31)16-10-27-11-18-13-2-1-12(7-13)5-6-28(18)23(32)19(27)21(30)20(16)29/h3-4,8,10,12-13,18,30H,1-2,5-7,9,11H2,(H,26,31)/t12-,13-,18-/m1/s1. The van der Waals surface area contributed by atoms with E-state index in [0.717, 1.165) is 31.7 Å². The van der Waals surface area contributed by atoms with Crippen molar-refractivity contribution in [2.45, 2.75) is 44.8 Å². The van der Waals surface area contributed by atoms with Crippen LogP contribution >= 0.6 is 0 Å². The summed E-state index contributed by atoms with van der Waals surface area (Å²) in [5.41, 5.74) is -1.31. The summed E-state index contributed by atoms with van der Waals surface area (Å²) in [6.45, 7) is 0.745. The molecular weight excluding hydrogens is 420 g/mol. The van der Waals surface area contributed by atoms with E-state index in [-0.39, 0.29) is 35.3 Å². The second-order valence-corrected chi connectivity index (χ2v) is 8.93. The monoisotopic (exact) mass is 443 g/mol. The molecule has 3 atom stereocenters. The first-order valence-electron chi connectivity index (χ1n) is 10.8. The lowest BCUT2D eigenvalue weighted by molar-refractivity contribution is 0.0506. The zero-order chi connectivity index (χ0) is 22.6. The smallest absolute Gasteiger partial charge is 0.274 e. The highest BCUT2D eigenvalue weighted by Crippen LogP contribution is 2.42. The summed E-state index contributed by atoms with van der Waals surface area (Å²) < 4.78 is 28.4. The molecular formula is C23H23F2N3O4. The minimum atomic E-state index is -0.948. The zero-order valence-electron chi connectivity index (χ0n) is 17.3. The number of benzene rings is 1. The molecule has 2 N–H and O–H groups in total. The SMILES string of the molecule is O=C(NCc1ccc(F)cc1F)c1cn2c(c(O)c1=O)C(=O)N1CC[C@H]3CC[C@H](C3)[C@H]1C2. The second-order valence-electron chi connectivity index (χ2n) is 8.93. The number of nitrogens with zero attached hydrogens (tertiary/aromatic N) is 2. The fourth-order valence-electron chi connectivity index (χ4n) is 5.42. The van der Waals surface area contributed by atoms with E-state index >= 15 is 0 Å². The van der Waals surface area contributed by atoms with Crippen LogP contribution in [0.15, 0.2) is 29.2 Å². The van der Waals surface area contributed by atoms with E-state index in [9.17, 15) is 28.3 Å². The van der Waals surface area contributed by atoms with Gasteiger partial charge in [0.2, 0.25) is 5.43 Å². The lowest BCUT2D eigenvalue weighted by Crippen LogP contribution is -2.52. The highest BCUT2D eigenvalue weighted by Gasteiger charge is 2.44. The molecule has 2 fully saturated rings. The van der Waals surface area contributed by atoms with Gasteiger partial charge in [-0.15, -0.1) is 0 Å². The summed E-state index contributed by atoms with van der Waals surface area (Å²) in [5.74, 6) is -2.53. The molecule has 2 amide bonds. The van der Waals surface area contributed by atoms with Gasteiger partial charge >= 0.3 is 0 Å². The van der Waals surface area contributed by atoms with E-state index in [2.05, 4.69) is 5.32 Å². The minimum Gasteiger partial charge on any atom is -0.503 e. The van der Waals surface area contributed by atoms with Crippen LogP contribution in [0.2, 0.25) is 0 Å². The molecule has 2 bridgehead atoms. The minimum absolute atomic E-state index is 0.0337. The molecule has 1 aromatic heterocycles. The fraction of sp³-hybridized carbons (Fsp3) is 0.435. The van der Waals surface area contributed by atoms with E-state index in [0.29, 0.717) is 31.0 Å². The van der Waals surface area contributed by atoms with E-state index in [1.165, 1.54) is 16.8 Å². The van der Waals surface area contributed by atoms with Crippen LogP contribution in [0.3, 0.4) is 0 Å². The number of hydrogen-bond acceptors (Lipinski definition) is 4. The van der Waals surface area contributed by atoms with Gasteiger partial charge in [0.05, 0.1) is 6.04 Å². The Balaban J connectivity index is 1.44. The van der Waals surface area contributed by atoms with E-state index in [1.807, 2.05) is 0 Å². The van der Waals surface area contributed by atoms with Crippen LogP contribution in [0.25, 0.3) is 0 Å². The lowest BCUT2D eigenvalue weighted by atomic mass is 9.94. The van der Waals surface area contributed by atoms with Crippen molar-refractivity contribution in [1.82, 2.24) is 14.8 Å². The summed E-state index contributed by atoms with van der Waals surface area (Å²) >= 11 is 0. The molecule has 1 aromatic carbocycles. The summed E-state index contributed by atoms with van der Waals surface area (Å²) in [6, 6.07) is 2.95. The number of halogens is 2. The molecule has 168 valence electrons. The third-order valence-electron chi connectivity index (χ3n) is 7.11. The Morgan fingerprint density at radius 3 is 2.78 bits per heavy atom. The van der Waals surface area contributed by atoms with Gasteiger partial charge in [-0.2, -0.15) is 0 Å². The number of rotatable bonds is 3. The maximum absolute atomic E-state index is 13.8. The van der Waals surface area contributed by atoms with Crippen LogP contribution in [0.4, 0.5) is 8.78 Å². The molecule has 5 rings (SSSR count). The molecule has 0 unspecified atom stereocenters. The third kappa shape index (κ3) is 3.36. The van der Waals surface area contributed by atoms with Crippen molar-refractivity contribution in [2.75, 3.05) is 6.54 Å². The highest BCUT2D eigenvalue weighted by atomic mass is 19.1. The van der Waals surface area contributed by atoms with E-state index in [4.69, 9.17) is 0 Å². The number of carbonyl (C=O) groups is 2. The Bertz CT molecular complexity index is 1180. The van der Waals surface area contributed by atoms with Gasteiger partial charge in [0.1, 0.15) is 17.2 Å². The molecule has 9 heteroatoms. The molecule has 32 heavy (non-hydrogen) atoms. The molecule has 3 heterocycles. The van der Waals surface area contributed by atoms with Gasteiger partial charge in [-0.05, 0) is 37.2 Å². The number of hydrogen-bond donors (Lipinski definition) is 2. The zero-order valence-corrected chi connectivity index (χ0v) is 17.3. The number of fused-ring (bicyclic) bond motifs is 5. The maximum atomic E-state index is 13.8. The first-order chi connectivity index (χ1) is 15.3. The lowest BCUT2D eigenvalue weighted by Gasteiger charge is -2.40. The molecule has 7 nitrogen and oxygen atoms in total.